The lowest BCUT2D eigenvalue weighted by Crippen LogP contribution is -2.13. The van der Waals surface area contributed by atoms with Gasteiger partial charge in [0.15, 0.2) is 0 Å². The van der Waals surface area contributed by atoms with Crippen LogP contribution in [0.2, 0.25) is 5.02 Å². The number of benzene rings is 2. The molecule has 0 atom stereocenters. The summed E-state index contributed by atoms with van der Waals surface area (Å²) in [4.78, 5) is 15.0. The Morgan fingerprint density at radius 3 is 2.48 bits per heavy atom. The maximum atomic E-state index is 13.8. The molecule has 6 heteroatoms. The van der Waals surface area contributed by atoms with Crippen molar-refractivity contribution in [2.75, 3.05) is 4.90 Å². The van der Waals surface area contributed by atoms with Crippen molar-refractivity contribution in [1.29, 1.82) is 0 Å². The Morgan fingerprint density at radius 2 is 1.68 bits per heavy atom. The van der Waals surface area contributed by atoms with E-state index in [9.17, 15) is 4.39 Å². The molecule has 0 aliphatic rings. The van der Waals surface area contributed by atoms with Crippen LogP contribution in [0.25, 0.3) is 11.0 Å². The molecule has 0 saturated carbocycles. The van der Waals surface area contributed by atoms with E-state index < -0.39 is 0 Å². The van der Waals surface area contributed by atoms with Crippen LogP contribution < -0.4 is 4.90 Å². The number of rotatable bonds is 3. The fourth-order valence-corrected chi connectivity index (χ4v) is 2.68. The minimum Gasteiger partial charge on any atom is -0.279 e. The molecule has 4 rings (SSSR count). The lowest BCUT2D eigenvalue weighted by molar-refractivity contribution is 0.628. The number of pyridine rings is 1. The second kappa shape index (κ2) is 6.45. The number of aromatic nitrogens is 3. The van der Waals surface area contributed by atoms with Crippen LogP contribution in [0.15, 0.2) is 73.1 Å². The molecule has 4 aromatic rings. The zero-order valence-electron chi connectivity index (χ0n) is 13.0. The predicted octanol–water partition coefficient (Wildman–Crippen LogP) is 5.29. The average Bonchev–Trinajstić information content (AvgIpc) is 2.64. The van der Waals surface area contributed by atoms with Crippen LogP contribution in [0.3, 0.4) is 0 Å². The van der Waals surface area contributed by atoms with Gasteiger partial charge in [-0.05, 0) is 54.6 Å². The third-order valence-corrected chi connectivity index (χ3v) is 3.94. The summed E-state index contributed by atoms with van der Waals surface area (Å²) in [6.07, 6.45) is 3.34. The Morgan fingerprint density at radius 1 is 0.840 bits per heavy atom. The van der Waals surface area contributed by atoms with E-state index in [0.717, 1.165) is 5.69 Å². The largest absolute Gasteiger partial charge is 0.279 e. The van der Waals surface area contributed by atoms with Gasteiger partial charge in [-0.2, -0.15) is 0 Å². The highest BCUT2D eigenvalue weighted by Crippen LogP contribution is 2.33. The molecule has 0 unspecified atom stereocenters. The van der Waals surface area contributed by atoms with Crippen LogP contribution >= 0.6 is 11.6 Å². The van der Waals surface area contributed by atoms with Crippen LogP contribution in [-0.2, 0) is 0 Å². The topological polar surface area (TPSA) is 41.9 Å². The van der Waals surface area contributed by atoms with Crippen LogP contribution in [0.5, 0.6) is 0 Å². The number of hydrogen-bond acceptors (Lipinski definition) is 4. The van der Waals surface area contributed by atoms with Crippen molar-refractivity contribution in [2.24, 2.45) is 0 Å². The molecule has 0 fully saturated rings. The Kier molecular flexibility index (Phi) is 3.99. The van der Waals surface area contributed by atoms with Crippen LogP contribution in [0.4, 0.5) is 21.7 Å². The zero-order chi connectivity index (χ0) is 17.2. The summed E-state index contributed by atoms with van der Waals surface area (Å²) in [5, 5.41) is 0.617. The highest BCUT2D eigenvalue weighted by molar-refractivity contribution is 6.30. The fraction of sp³-hybridized carbons (Fsp3) is 0. The third kappa shape index (κ3) is 3.14. The number of halogens is 2. The van der Waals surface area contributed by atoms with Crippen molar-refractivity contribution in [3.05, 3.63) is 83.9 Å². The average molecular weight is 351 g/mol. The Bertz CT molecular complexity index is 1040. The van der Waals surface area contributed by atoms with E-state index in [2.05, 4.69) is 15.0 Å². The minimum absolute atomic E-state index is 0.334. The zero-order valence-corrected chi connectivity index (χ0v) is 13.7. The molecule has 4 nitrogen and oxygen atoms in total. The van der Waals surface area contributed by atoms with Gasteiger partial charge in [0.1, 0.15) is 11.3 Å². The lowest BCUT2D eigenvalue weighted by atomic mass is 10.2. The van der Waals surface area contributed by atoms with E-state index >= 15 is 0 Å². The minimum atomic E-state index is -0.334. The molecule has 25 heavy (non-hydrogen) atoms. The van der Waals surface area contributed by atoms with Crippen molar-refractivity contribution >= 4 is 40.0 Å². The predicted molar refractivity (Wildman–Crippen MR) is 97.0 cm³/mol. The first-order chi connectivity index (χ1) is 12.2. The van der Waals surface area contributed by atoms with Gasteiger partial charge in [0, 0.05) is 16.9 Å². The van der Waals surface area contributed by atoms with E-state index in [1.54, 1.807) is 41.6 Å². The van der Waals surface area contributed by atoms with Crippen molar-refractivity contribution in [3.8, 4) is 0 Å². The van der Waals surface area contributed by atoms with Gasteiger partial charge in [-0.15, -0.1) is 0 Å². The molecule has 0 bridgehead atoms. The van der Waals surface area contributed by atoms with Crippen LogP contribution in [0, 0.1) is 5.82 Å². The van der Waals surface area contributed by atoms with Crippen molar-refractivity contribution in [1.82, 2.24) is 15.0 Å². The molecule has 122 valence electrons. The molecule has 0 spiro atoms. The van der Waals surface area contributed by atoms with Gasteiger partial charge >= 0.3 is 0 Å². The van der Waals surface area contributed by atoms with Crippen molar-refractivity contribution < 1.29 is 4.39 Å². The summed E-state index contributed by atoms with van der Waals surface area (Å²) < 4.78 is 13.8. The van der Waals surface area contributed by atoms with E-state index in [4.69, 9.17) is 11.6 Å². The van der Waals surface area contributed by atoms with Gasteiger partial charge in [0.05, 0.1) is 17.4 Å². The standard InChI is InChI=1S/C19H12ClFN4/c20-13-6-8-15(9-7-13)25(16-4-1-3-14(21)11-16)19-23-12-18-17(24-19)5-2-10-22-18/h1-12H. The molecule has 0 N–H and O–H groups in total. The number of nitrogens with zero attached hydrogens (tertiary/aromatic N) is 4. The molecule has 0 aliphatic carbocycles. The highest BCUT2D eigenvalue weighted by Gasteiger charge is 2.16. The van der Waals surface area contributed by atoms with Crippen molar-refractivity contribution in [3.63, 3.8) is 0 Å². The Labute approximate surface area is 148 Å². The summed E-state index contributed by atoms with van der Waals surface area (Å²) in [5.74, 6) is 0.0901. The number of fused-ring (bicyclic) bond motifs is 1. The number of hydrogen-bond donors (Lipinski definition) is 0. The molecule has 0 aliphatic heterocycles. The molecule has 2 aromatic carbocycles. The second-order valence-electron chi connectivity index (χ2n) is 5.37. The third-order valence-electron chi connectivity index (χ3n) is 3.69. The summed E-state index contributed by atoms with van der Waals surface area (Å²) in [6, 6.07) is 17.2. The fourth-order valence-electron chi connectivity index (χ4n) is 2.55. The molecule has 0 amide bonds. The summed E-state index contributed by atoms with van der Waals surface area (Å²) >= 11 is 5.99. The van der Waals surface area contributed by atoms with E-state index in [1.807, 2.05) is 24.3 Å². The van der Waals surface area contributed by atoms with E-state index in [-0.39, 0.29) is 5.82 Å². The smallest absolute Gasteiger partial charge is 0.235 e. The Balaban J connectivity index is 1.90. The van der Waals surface area contributed by atoms with Gasteiger partial charge in [-0.25, -0.2) is 14.4 Å². The molecule has 0 radical (unpaired) electrons. The van der Waals surface area contributed by atoms with Crippen molar-refractivity contribution in [2.45, 2.75) is 0 Å². The first kappa shape index (κ1) is 15.5. The summed E-state index contributed by atoms with van der Waals surface area (Å²) in [6.45, 7) is 0. The van der Waals surface area contributed by atoms with Gasteiger partial charge in [0.25, 0.3) is 0 Å². The molecular weight excluding hydrogens is 339 g/mol. The molecule has 0 saturated heterocycles. The van der Waals surface area contributed by atoms with Gasteiger partial charge in [-0.3, -0.25) is 9.88 Å². The summed E-state index contributed by atoms with van der Waals surface area (Å²) in [5.41, 5.74) is 2.80. The first-order valence-corrected chi connectivity index (χ1v) is 7.97. The molecule has 2 aromatic heterocycles. The van der Waals surface area contributed by atoms with Crippen LogP contribution in [-0.4, -0.2) is 15.0 Å². The maximum absolute atomic E-state index is 13.8. The molecule has 2 heterocycles. The number of anilines is 3. The van der Waals surface area contributed by atoms with Crippen LogP contribution in [0.1, 0.15) is 0 Å². The lowest BCUT2D eigenvalue weighted by Gasteiger charge is -2.23. The first-order valence-electron chi connectivity index (χ1n) is 7.60. The highest BCUT2D eigenvalue weighted by atomic mass is 35.5. The normalized spacial score (nSPS) is 10.8. The summed E-state index contributed by atoms with van der Waals surface area (Å²) in [7, 11) is 0. The van der Waals surface area contributed by atoms with Gasteiger partial charge in [-0.1, -0.05) is 17.7 Å². The monoisotopic (exact) mass is 350 g/mol. The molecular formula is C19H12ClFN4. The van der Waals surface area contributed by atoms with Gasteiger partial charge in [0.2, 0.25) is 5.95 Å². The SMILES string of the molecule is Fc1cccc(N(c2ccc(Cl)cc2)c2ncc3ncccc3n2)c1. The quantitative estimate of drug-likeness (QED) is 0.503. The van der Waals surface area contributed by atoms with E-state index in [0.29, 0.717) is 27.7 Å². The van der Waals surface area contributed by atoms with E-state index in [1.165, 1.54) is 12.1 Å². The van der Waals surface area contributed by atoms with Gasteiger partial charge < -0.3 is 0 Å². The maximum Gasteiger partial charge on any atom is 0.235 e. The second-order valence-corrected chi connectivity index (χ2v) is 5.81. The Hall–Kier alpha value is -3.05.